The standard InChI is InChI=1S/C10H9F3O3S/c1-17(15,16)7-3-2-6(11)5-4-10(12,13)9(14)8(5)7/h2-3,9,14H,4H2,1H3/t9-/m0/s1. The Morgan fingerprint density at radius 2 is 2.00 bits per heavy atom. The van der Waals surface area contributed by atoms with E-state index in [0.29, 0.717) is 0 Å². The summed E-state index contributed by atoms with van der Waals surface area (Å²) in [7, 11) is -3.79. The minimum Gasteiger partial charge on any atom is -0.382 e. The predicted octanol–water partition coefficient (Wildman–Crippen LogP) is 1.45. The monoisotopic (exact) mass is 266 g/mol. The Bertz CT molecular complexity index is 581. The lowest BCUT2D eigenvalue weighted by Crippen LogP contribution is -2.22. The summed E-state index contributed by atoms with van der Waals surface area (Å²) in [6.45, 7) is 0. The second-order valence-corrected chi connectivity index (χ2v) is 6.03. The average Bonchev–Trinajstić information content (AvgIpc) is 2.39. The van der Waals surface area contributed by atoms with Crippen molar-refractivity contribution in [2.24, 2.45) is 0 Å². The van der Waals surface area contributed by atoms with E-state index < -0.39 is 50.1 Å². The topological polar surface area (TPSA) is 54.4 Å². The van der Waals surface area contributed by atoms with Gasteiger partial charge in [0.15, 0.2) is 9.84 Å². The molecule has 1 aliphatic rings. The van der Waals surface area contributed by atoms with E-state index in [1.807, 2.05) is 0 Å². The second kappa shape index (κ2) is 3.46. The summed E-state index contributed by atoms with van der Waals surface area (Å²) >= 11 is 0. The van der Waals surface area contributed by atoms with E-state index in [0.717, 1.165) is 18.4 Å². The Kier molecular flexibility index (Phi) is 2.52. The van der Waals surface area contributed by atoms with Crippen LogP contribution in [0.4, 0.5) is 13.2 Å². The van der Waals surface area contributed by atoms with Crippen molar-refractivity contribution >= 4 is 9.84 Å². The Morgan fingerprint density at radius 1 is 1.41 bits per heavy atom. The van der Waals surface area contributed by atoms with Gasteiger partial charge in [-0.1, -0.05) is 0 Å². The summed E-state index contributed by atoms with van der Waals surface area (Å²) in [6, 6.07) is 1.72. The Morgan fingerprint density at radius 3 is 2.53 bits per heavy atom. The molecule has 0 saturated heterocycles. The van der Waals surface area contributed by atoms with E-state index in [9.17, 15) is 26.7 Å². The molecule has 94 valence electrons. The first-order valence-electron chi connectivity index (χ1n) is 4.72. The Balaban J connectivity index is 2.77. The normalized spacial score (nSPS) is 22.5. The minimum atomic E-state index is -3.79. The number of fused-ring (bicyclic) bond motifs is 1. The highest BCUT2D eigenvalue weighted by Crippen LogP contribution is 2.46. The molecular weight excluding hydrogens is 257 g/mol. The summed E-state index contributed by atoms with van der Waals surface area (Å²) in [5, 5.41) is 9.40. The van der Waals surface area contributed by atoms with E-state index in [1.165, 1.54) is 0 Å². The van der Waals surface area contributed by atoms with Crippen LogP contribution < -0.4 is 0 Å². The zero-order valence-corrected chi connectivity index (χ0v) is 9.56. The van der Waals surface area contributed by atoms with Crippen molar-refractivity contribution in [2.45, 2.75) is 23.3 Å². The molecule has 1 atom stereocenters. The number of aliphatic hydroxyl groups excluding tert-OH is 1. The van der Waals surface area contributed by atoms with E-state index >= 15 is 0 Å². The van der Waals surface area contributed by atoms with Gasteiger partial charge in [0, 0.05) is 23.8 Å². The first-order valence-corrected chi connectivity index (χ1v) is 6.61. The maximum absolute atomic E-state index is 13.3. The van der Waals surface area contributed by atoms with E-state index in [4.69, 9.17) is 0 Å². The molecule has 17 heavy (non-hydrogen) atoms. The van der Waals surface area contributed by atoms with Gasteiger partial charge in [-0.05, 0) is 12.1 Å². The number of hydrogen-bond donors (Lipinski definition) is 1. The van der Waals surface area contributed by atoms with Gasteiger partial charge in [-0.2, -0.15) is 0 Å². The lowest BCUT2D eigenvalue weighted by Gasteiger charge is -2.14. The third-order valence-electron chi connectivity index (χ3n) is 2.75. The van der Waals surface area contributed by atoms with Crippen molar-refractivity contribution in [2.75, 3.05) is 6.26 Å². The molecule has 2 rings (SSSR count). The molecule has 0 fully saturated rings. The second-order valence-electron chi connectivity index (χ2n) is 4.05. The van der Waals surface area contributed by atoms with Crippen LogP contribution in [0.25, 0.3) is 0 Å². The Hall–Kier alpha value is -1.08. The minimum absolute atomic E-state index is 0.426. The van der Waals surface area contributed by atoms with Gasteiger partial charge >= 0.3 is 0 Å². The molecule has 0 radical (unpaired) electrons. The summed E-state index contributed by atoms with van der Waals surface area (Å²) < 4.78 is 62.6. The van der Waals surface area contributed by atoms with Crippen molar-refractivity contribution in [1.29, 1.82) is 0 Å². The SMILES string of the molecule is CS(=O)(=O)c1ccc(F)c2c1[C@H](O)C(F)(F)C2. The van der Waals surface area contributed by atoms with Gasteiger partial charge < -0.3 is 5.11 Å². The fourth-order valence-corrected chi connectivity index (χ4v) is 2.91. The van der Waals surface area contributed by atoms with Crippen LogP contribution in [0.15, 0.2) is 17.0 Å². The van der Waals surface area contributed by atoms with E-state index in [2.05, 4.69) is 0 Å². The smallest absolute Gasteiger partial charge is 0.281 e. The van der Waals surface area contributed by atoms with Crippen LogP contribution in [0.3, 0.4) is 0 Å². The number of halogens is 3. The molecule has 1 aliphatic carbocycles. The molecule has 0 bridgehead atoms. The summed E-state index contributed by atoms with van der Waals surface area (Å²) in [5.74, 6) is -4.46. The van der Waals surface area contributed by atoms with Crippen LogP contribution in [0.2, 0.25) is 0 Å². The maximum Gasteiger partial charge on any atom is 0.281 e. The number of aliphatic hydroxyl groups is 1. The zero-order valence-electron chi connectivity index (χ0n) is 8.75. The lowest BCUT2D eigenvalue weighted by molar-refractivity contribution is -0.0976. The zero-order chi connectivity index (χ0) is 13.0. The first-order chi connectivity index (χ1) is 7.64. The van der Waals surface area contributed by atoms with Gasteiger partial charge in [0.2, 0.25) is 0 Å². The van der Waals surface area contributed by atoms with E-state index in [1.54, 1.807) is 0 Å². The van der Waals surface area contributed by atoms with Gasteiger partial charge in [0.05, 0.1) is 4.90 Å². The quantitative estimate of drug-likeness (QED) is 0.783. The molecule has 0 spiro atoms. The van der Waals surface area contributed by atoms with Crippen molar-refractivity contribution in [1.82, 2.24) is 0 Å². The van der Waals surface area contributed by atoms with Crippen LogP contribution in [0.5, 0.6) is 0 Å². The number of rotatable bonds is 1. The van der Waals surface area contributed by atoms with Crippen LogP contribution in [-0.4, -0.2) is 25.7 Å². The highest BCUT2D eigenvalue weighted by Gasteiger charge is 2.50. The third-order valence-corrected chi connectivity index (χ3v) is 3.90. The average molecular weight is 266 g/mol. The predicted molar refractivity (Wildman–Crippen MR) is 53.1 cm³/mol. The number of hydrogen-bond acceptors (Lipinski definition) is 3. The molecule has 0 aliphatic heterocycles. The molecule has 0 unspecified atom stereocenters. The number of benzene rings is 1. The van der Waals surface area contributed by atoms with Gasteiger partial charge in [0.25, 0.3) is 5.92 Å². The maximum atomic E-state index is 13.3. The summed E-state index contributed by atoms with van der Waals surface area (Å²) in [6.07, 6.45) is -2.44. The number of sulfone groups is 1. The summed E-state index contributed by atoms with van der Waals surface area (Å²) in [4.78, 5) is -0.446. The molecule has 1 aromatic rings. The molecule has 1 N–H and O–H groups in total. The molecular formula is C10H9F3O3S. The highest BCUT2D eigenvalue weighted by atomic mass is 32.2. The van der Waals surface area contributed by atoms with Crippen molar-refractivity contribution in [3.05, 3.63) is 29.1 Å². The van der Waals surface area contributed by atoms with Crippen LogP contribution in [0.1, 0.15) is 17.2 Å². The van der Waals surface area contributed by atoms with Crippen LogP contribution in [-0.2, 0) is 16.3 Å². The molecule has 0 amide bonds. The number of alkyl halides is 2. The largest absolute Gasteiger partial charge is 0.382 e. The molecule has 0 heterocycles. The van der Waals surface area contributed by atoms with Crippen LogP contribution in [0, 0.1) is 5.82 Å². The molecule has 1 aromatic carbocycles. The third kappa shape index (κ3) is 1.83. The van der Waals surface area contributed by atoms with Crippen molar-refractivity contribution in [3.63, 3.8) is 0 Å². The van der Waals surface area contributed by atoms with Crippen molar-refractivity contribution in [3.8, 4) is 0 Å². The fourth-order valence-electron chi connectivity index (χ4n) is 1.96. The molecule has 0 saturated carbocycles. The van der Waals surface area contributed by atoms with Gasteiger partial charge in [0.1, 0.15) is 11.9 Å². The molecule has 7 heteroatoms. The lowest BCUT2D eigenvalue weighted by atomic mass is 10.1. The summed E-state index contributed by atoms with van der Waals surface area (Å²) in [5.41, 5.74) is -0.942. The first kappa shape index (κ1) is 12.4. The molecule has 3 nitrogen and oxygen atoms in total. The van der Waals surface area contributed by atoms with E-state index in [-0.39, 0.29) is 0 Å². The Labute approximate surface area is 95.8 Å². The highest BCUT2D eigenvalue weighted by molar-refractivity contribution is 7.90. The van der Waals surface area contributed by atoms with Crippen molar-refractivity contribution < 1.29 is 26.7 Å². The van der Waals surface area contributed by atoms with Gasteiger partial charge in [-0.25, -0.2) is 21.6 Å². The molecule has 0 aromatic heterocycles. The fraction of sp³-hybridized carbons (Fsp3) is 0.400. The van der Waals surface area contributed by atoms with Crippen LogP contribution >= 0.6 is 0 Å². The van der Waals surface area contributed by atoms with Gasteiger partial charge in [-0.3, -0.25) is 0 Å². The van der Waals surface area contributed by atoms with Gasteiger partial charge in [-0.15, -0.1) is 0 Å².